The highest BCUT2D eigenvalue weighted by atomic mass is 79.9. The van der Waals surface area contributed by atoms with Crippen molar-refractivity contribution in [2.75, 3.05) is 27.2 Å². The summed E-state index contributed by atoms with van der Waals surface area (Å²) in [5.41, 5.74) is 1.10. The fourth-order valence-corrected chi connectivity index (χ4v) is 4.06. The number of Topliss-reactive ketones (excluding diaryl/α,β-unsaturated/α-hetero) is 1. The number of hydrogen-bond donors (Lipinski definition) is 2. The number of halogens is 1. The maximum Gasteiger partial charge on any atom is 0.290 e. The van der Waals surface area contributed by atoms with E-state index in [-0.39, 0.29) is 17.1 Å². The van der Waals surface area contributed by atoms with Gasteiger partial charge in [-0.3, -0.25) is 9.59 Å². The van der Waals surface area contributed by atoms with Crippen molar-refractivity contribution in [3.8, 4) is 5.75 Å². The number of aliphatic hydroxyl groups is 1. The largest absolute Gasteiger partial charge is 0.508 e. The molecule has 3 aromatic rings. The predicted octanol–water partition coefficient (Wildman–Crippen LogP) is 4.04. The first-order valence-corrected chi connectivity index (χ1v) is 10.5. The first-order chi connectivity index (χ1) is 14.8. The molecule has 1 unspecified atom stereocenters. The second kappa shape index (κ2) is 8.20. The van der Waals surface area contributed by atoms with Crippen LogP contribution in [0, 0.1) is 0 Å². The van der Waals surface area contributed by atoms with Gasteiger partial charge in [-0.15, -0.1) is 0 Å². The molecule has 31 heavy (non-hydrogen) atoms. The first-order valence-electron chi connectivity index (χ1n) is 9.68. The number of aromatic hydroxyl groups is 1. The molecule has 0 spiro atoms. The Hall–Kier alpha value is -3.10. The van der Waals surface area contributed by atoms with E-state index in [1.54, 1.807) is 30.3 Å². The zero-order chi connectivity index (χ0) is 22.3. The van der Waals surface area contributed by atoms with Gasteiger partial charge in [0.15, 0.2) is 11.5 Å². The van der Waals surface area contributed by atoms with E-state index >= 15 is 0 Å². The molecule has 0 saturated heterocycles. The molecule has 8 heteroatoms. The number of furan rings is 1. The zero-order valence-corrected chi connectivity index (χ0v) is 18.6. The van der Waals surface area contributed by atoms with Crippen molar-refractivity contribution < 1.29 is 24.2 Å². The molecule has 1 aliphatic rings. The van der Waals surface area contributed by atoms with Crippen molar-refractivity contribution in [3.63, 3.8) is 0 Å². The maximum atomic E-state index is 13.4. The lowest BCUT2D eigenvalue weighted by atomic mass is 9.95. The normalized spacial score (nSPS) is 16.7. The number of fused-ring (bicyclic) bond motifs is 1. The van der Waals surface area contributed by atoms with Gasteiger partial charge in [-0.05, 0) is 56.1 Å². The van der Waals surface area contributed by atoms with Crippen LogP contribution in [0.15, 0.2) is 68.8 Å². The van der Waals surface area contributed by atoms with Crippen LogP contribution in [0.1, 0.15) is 22.2 Å². The number of ketones is 1. The van der Waals surface area contributed by atoms with Gasteiger partial charge in [0, 0.05) is 22.9 Å². The van der Waals surface area contributed by atoms with Crippen molar-refractivity contribution >= 4 is 38.6 Å². The van der Waals surface area contributed by atoms with Crippen LogP contribution in [-0.4, -0.2) is 58.9 Å². The van der Waals surface area contributed by atoms with E-state index in [0.29, 0.717) is 24.2 Å². The number of aliphatic hydroxyl groups excluding tert-OH is 1. The van der Waals surface area contributed by atoms with E-state index in [0.717, 1.165) is 9.86 Å². The molecule has 1 atom stereocenters. The minimum absolute atomic E-state index is 0.0347. The molecule has 2 N–H and O–H groups in total. The molecule has 2 aromatic carbocycles. The summed E-state index contributed by atoms with van der Waals surface area (Å²) in [6.45, 7) is 0.860. The quantitative estimate of drug-likeness (QED) is 0.512. The summed E-state index contributed by atoms with van der Waals surface area (Å²) in [7, 11) is 3.75. The Kier molecular flexibility index (Phi) is 5.60. The number of hydrogen-bond acceptors (Lipinski definition) is 6. The van der Waals surface area contributed by atoms with E-state index in [9.17, 15) is 19.8 Å². The summed E-state index contributed by atoms with van der Waals surface area (Å²) in [6, 6.07) is 12.4. The van der Waals surface area contributed by atoms with Crippen LogP contribution in [0.2, 0.25) is 0 Å². The topological polar surface area (TPSA) is 94.2 Å². The van der Waals surface area contributed by atoms with E-state index in [2.05, 4.69) is 15.9 Å². The highest BCUT2D eigenvalue weighted by molar-refractivity contribution is 9.10. The lowest BCUT2D eigenvalue weighted by Gasteiger charge is -2.27. The van der Waals surface area contributed by atoms with E-state index in [1.165, 1.54) is 17.0 Å². The highest BCUT2D eigenvalue weighted by Crippen LogP contribution is 2.40. The molecule has 0 fully saturated rings. The van der Waals surface area contributed by atoms with Crippen molar-refractivity contribution in [3.05, 3.63) is 75.7 Å². The summed E-state index contributed by atoms with van der Waals surface area (Å²) in [5, 5.41) is 21.1. The minimum atomic E-state index is -0.791. The Bertz CT molecular complexity index is 1200. The maximum absolute atomic E-state index is 13.4. The zero-order valence-electron chi connectivity index (χ0n) is 17.0. The molecule has 1 aliphatic heterocycles. The molecule has 0 aliphatic carbocycles. The molecule has 0 bridgehead atoms. The van der Waals surface area contributed by atoms with Crippen molar-refractivity contribution in [1.82, 2.24) is 9.80 Å². The average Bonchev–Trinajstić information content (AvgIpc) is 3.25. The van der Waals surface area contributed by atoms with Gasteiger partial charge in [-0.1, -0.05) is 28.1 Å². The average molecular weight is 485 g/mol. The summed E-state index contributed by atoms with van der Waals surface area (Å²) >= 11 is 3.39. The number of amides is 1. The van der Waals surface area contributed by atoms with Crippen molar-refractivity contribution in [2.24, 2.45) is 0 Å². The summed E-state index contributed by atoms with van der Waals surface area (Å²) in [5.74, 6) is -1.63. The number of phenols is 1. The van der Waals surface area contributed by atoms with Crippen LogP contribution in [0.4, 0.5) is 0 Å². The second-order valence-electron chi connectivity index (χ2n) is 7.68. The fraction of sp³-hybridized carbons (Fsp3) is 0.217. The van der Waals surface area contributed by atoms with Crippen LogP contribution in [-0.2, 0) is 4.79 Å². The summed E-state index contributed by atoms with van der Waals surface area (Å²) in [4.78, 5) is 29.7. The predicted molar refractivity (Wildman–Crippen MR) is 119 cm³/mol. The molecule has 1 amide bonds. The number of likely N-dealkylation sites (N-methyl/N-ethyl adjacent to an activating group) is 1. The second-order valence-corrected chi connectivity index (χ2v) is 8.60. The molecular formula is C23H21BrN2O5. The van der Waals surface area contributed by atoms with Crippen LogP contribution in [0.25, 0.3) is 11.0 Å². The van der Waals surface area contributed by atoms with Crippen molar-refractivity contribution in [1.29, 1.82) is 0 Å². The summed E-state index contributed by atoms with van der Waals surface area (Å²) in [6.07, 6.45) is 0. The van der Waals surface area contributed by atoms with Crippen LogP contribution < -0.4 is 0 Å². The Morgan fingerprint density at radius 3 is 2.52 bits per heavy atom. The lowest BCUT2D eigenvalue weighted by Crippen LogP contribution is -2.36. The first kappa shape index (κ1) is 21.1. The molecule has 0 radical (unpaired) electrons. The molecule has 1 aromatic heterocycles. The molecule has 160 valence electrons. The van der Waals surface area contributed by atoms with Gasteiger partial charge in [-0.2, -0.15) is 0 Å². The standard InChI is InChI=1S/C23H21BrN2O5/c1-25(2)9-10-26-20(13-3-6-16(27)7-4-13)19(22(29)23(26)30)21(28)18-12-14-11-15(24)5-8-17(14)31-18/h3-8,11-12,20,27,29H,9-10H2,1-2H3. The Balaban J connectivity index is 1.78. The smallest absolute Gasteiger partial charge is 0.290 e. The lowest BCUT2D eigenvalue weighted by molar-refractivity contribution is -0.129. The van der Waals surface area contributed by atoms with Gasteiger partial charge < -0.3 is 24.4 Å². The SMILES string of the molecule is CN(C)CCN1C(=O)C(O)=C(C(=O)c2cc3cc(Br)ccc3o2)C1c1ccc(O)cc1. The van der Waals surface area contributed by atoms with E-state index in [1.807, 2.05) is 25.1 Å². The third-order valence-corrected chi connectivity index (χ3v) is 5.74. The number of carbonyl (C=O) groups is 2. The van der Waals surface area contributed by atoms with Gasteiger partial charge in [0.1, 0.15) is 11.3 Å². The number of phenolic OH excluding ortho intramolecular Hbond substituents is 1. The monoisotopic (exact) mass is 484 g/mol. The van der Waals surface area contributed by atoms with Crippen molar-refractivity contribution in [2.45, 2.75) is 6.04 Å². The van der Waals surface area contributed by atoms with Gasteiger partial charge in [0.05, 0.1) is 11.6 Å². The van der Waals surface area contributed by atoms with E-state index in [4.69, 9.17) is 4.42 Å². The van der Waals surface area contributed by atoms with Gasteiger partial charge in [0.25, 0.3) is 5.91 Å². The Labute approximate surface area is 187 Å². The van der Waals surface area contributed by atoms with Gasteiger partial charge in [0.2, 0.25) is 5.78 Å². The third-order valence-electron chi connectivity index (χ3n) is 5.25. The van der Waals surface area contributed by atoms with Gasteiger partial charge >= 0.3 is 0 Å². The van der Waals surface area contributed by atoms with E-state index < -0.39 is 23.5 Å². The summed E-state index contributed by atoms with van der Waals surface area (Å²) < 4.78 is 6.57. The Morgan fingerprint density at radius 2 is 1.84 bits per heavy atom. The number of rotatable bonds is 6. The van der Waals surface area contributed by atoms with Crippen LogP contribution in [0.3, 0.4) is 0 Å². The number of nitrogens with zero attached hydrogens (tertiary/aromatic N) is 2. The van der Waals surface area contributed by atoms with Gasteiger partial charge in [-0.25, -0.2) is 0 Å². The van der Waals surface area contributed by atoms with Crippen LogP contribution >= 0.6 is 15.9 Å². The Morgan fingerprint density at radius 1 is 1.13 bits per heavy atom. The highest BCUT2D eigenvalue weighted by Gasteiger charge is 2.44. The third kappa shape index (κ3) is 3.96. The molecular weight excluding hydrogens is 464 g/mol. The molecule has 4 rings (SSSR count). The fourth-order valence-electron chi connectivity index (χ4n) is 3.69. The van der Waals surface area contributed by atoms with Crippen LogP contribution in [0.5, 0.6) is 5.75 Å². The molecule has 0 saturated carbocycles. The number of carbonyl (C=O) groups excluding carboxylic acids is 2. The number of benzene rings is 2. The minimum Gasteiger partial charge on any atom is -0.508 e. The molecule has 7 nitrogen and oxygen atoms in total. The molecule has 2 heterocycles.